The predicted octanol–water partition coefficient (Wildman–Crippen LogP) is 2.50. The predicted molar refractivity (Wildman–Crippen MR) is 97.7 cm³/mol. The highest BCUT2D eigenvalue weighted by atomic mass is 15.3. The van der Waals surface area contributed by atoms with Crippen LogP contribution >= 0.6 is 0 Å². The van der Waals surface area contributed by atoms with E-state index in [1.165, 1.54) is 12.0 Å². The maximum absolute atomic E-state index is 4.77. The van der Waals surface area contributed by atoms with Gasteiger partial charge in [-0.15, -0.1) is 10.2 Å². The molecule has 0 aliphatic carbocycles. The van der Waals surface area contributed by atoms with Crippen molar-refractivity contribution < 1.29 is 0 Å². The zero-order valence-electron chi connectivity index (χ0n) is 15.2. The molecule has 0 saturated heterocycles. The zero-order valence-corrected chi connectivity index (χ0v) is 15.2. The monoisotopic (exact) mass is 328 g/mol. The number of unbranched alkanes of at least 4 members (excludes halogenated alkanes) is 1. The molecule has 2 aromatic rings. The summed E-state index contributed by atoms with van der Waals surface area (Å²) in [6.45, 7) is 6.41. The van der Waals surface area contributed by atoms with Crippen molar-refractivity contribution >= 4 is 5.96 Å². The molecule has 0 unspecified atom stereocenters. The smallest absolute Gasteiger partial charge is 0.194 e. The summed E-state index contributed by atoms with van der Waals surface area (Å²) in [7, 11) is 4.06. The van der Waals surface area contributed by atoms with Gasteiger partial charge in [-0.1, -0.05) is 43.7 Å². The van der Waals surface area contributed by atoms with E-state index in [0.29, 0.717) is 13.1 Å². The van der Waals surface area contributed by atoms with E-state index in [4.69, 9.17) is 4.99 Å². The average molecular weight is 328 g/mol. The maximum atomic E-state index is 4.77. The van der Waals surface area contributed by atoms with Gasteiger partial charge in [0, 0.05) is 20.6 Å². The van der Waals surface area contributed by atoms with Gasteiger partial charge in [0.15, 0.2) is 11.8 Å². The van der Waals surface area contributed by atoms with Gasteiger partial charge in [-0.2, -0.15) is 0 Å². The van der Waals surface area contributed by atoms with Crippen molar-refractivity contribution in [2.45, 2.75) is 39.8 Å². The van der Waals surface area contributed by atoms with Crippen molar-refractivity contribution in [3.8, 4) is 0 Å². The fourth-order valence-corrected chi connectivity index (χ4v) is 2.33. The molecule has 1 aromatic heterocycles. The first-order valence-electron chi connectivity index (χ1n) is 8.50. The molecular formula is C18H28N6. The summed E-state index contributed by atoms with van der Waals surface area (Å²) in [5.74, 6) is 2.71. The van der Waals surface area contributed by atoms with Crippen LogP contribution in [-0.2, 0) is 20.1 Å². The minimum atomic E-state index is 0.613. The van der Waals surface area contributed by atoms with E-state index in [2.05, 4.69) is 46.5 Å². The van der Waals surface area contributed by atoms with E-state index >= 15 is 0 Å². The lowest BCUT2D eigenvalue weighted by atomic mass is 10.2. The molecule has 130 valence electrons. The number of rotatable bonds is 7. The molecule has 0 bridgehead atoms. The SMILES string of the molecule is CCCCN(C)C(=NCc1ccccc1)NCc1nnc(C)n1C. The Morgan fingerprint density at radius 3 is 2.62 bits per heavy atom. The van der Waals surface area contributed by atoms with Gasteiger partial charge in [0.1, 0.15) is 5.82 Å². The van der Waals surface area contributed by atoms with Gasteiger partial charge in [-0.25, -0.2) is 4.99 Å². The van der Waals surface area contributed by atoms with E-state index in [1.54, 1.807) is 0 Å². The molecule has 6 nitrogen and oxygen atoms in total. The topological polar surface area (TPSA) is 58.3 Å². The average Bonchev–Trinajstić information content (AvgIpc) is 2.92. The van der Waals surface area contributed by atoms with Crippen molar-refractivity contribution in [2.24, 2.45) is 12.0 Å². The van der Waals surface area contributed by atoms with Gasteiger partial charge in [0.05, 0.1) is 13.1 Å². The lowest BCUT2D eigenvalue weighted by Crippen LogP contribution is -2.39. The number of benzene rings is 1. The second-order valence-corrected chi connectivity index (χ2v) is 5.98. The largest absolute Gasteiger partial charge is 0.349 e. The molecule has 1 N–H and O–H groups in total. The van der Waals surface area contributed by atoms with E-state index in [1.807, 2.05) is 36.7 Å². The summed E-state index contributed by atoms with van der Waals surface area (Å²) in [5.41, 5.74) is 1.20. The summed E-state index contributed by atoms with van der Waals surface area (Å²) in [5, 5.41) is 11.7. The Bertz CT molecular complexity index is 647. The first-order chi connectivity index (χ1) is 11.6. The normalized spacial score (nSPS) is 11.6. The molecule has 0 radical (unpaired) electrons. The Morgan fingerprint density at radius 2 is 2.00 bits per heavy atom. The Labute approximate surface area is 144 Å². The van der Waals surface area contributed by atoms with Crippen LogP contribution in [0.5, 0.6) is 0 Å². The van der Waals surface area contributed by atoms with Crippen molar-refractivity contribution in [3.05, 3.63) is 47.5 Å². The molecule has 1 heterocycles. The number of nitrogens with zero attached hydrogens (tertiary/aromatic N) is 5. The summed E-state index contributed by atoms with van der Waals surface area (Å²) in [6, 6.07) is 10.3. The molecular weight excluding hydrogens is 300 g/mol. The van der Waals surface area contributed by atoms with E-state index in [9.17, 15) is 0 Å². The molecule has 0 atom stereocenters. The first-order valence-corrected chi connectivity index (χ1v) is 8.50. The van der Waals surface area contributed by atoms with Crippen LogP contribution < -0.4 is 5.32 Å². The molecule has 0 saturated carbocycles. The van der Waals surface area contributed by atoms with Gasteiger partial charge in [0.2, 0.25) is 0 Å². The molecule has 1 aromatic carbocycles. The van der Waals surface area contributed by atoms with Crippen LogP contribution in [0.15, 0.2) is 35.3 Å². The molecule has 0 amide bonds. The quantitative estimate of drug-likeness (QED) is 0.627. The Hall–Kier alpha value is -2.37. The van der Waals surface area contributed by atoms with E-state index < -0.39 is 0 Å². The van der Waals surface area contributed by atoms with Crippen molar-refractivity contribution in [1.82, 2.24) is 25.0 Å². The van der Waals surface area contributed by atoms with Gasteiger partial charge >= 0.3 is 0 Å². The third kappa shape index (κ3) is 5.08. The number of hydrogen-bond acceptors (Lipinski definition) is 3. The van der Waals surface area contributed by atoms with Crippen LogP contribution in [0.4, 0.5) is 0 Å². The third-order valence-electron chi connectivity index (χ3n) is 4.05. The Morgan fingerprint density at radius 1 is 1.25 bits per heavy atom. The molecule has 2 rings (SSSR count). The van der Waals surface area contributed by atoms with Crippen LogP contribution in [0.25, 0.3) is 0 Å². The molecule has 0 fully saturated rings. The fourth-order valence-electron chi connectivity index (χ4n) is 2.33. The summed E-state index contributed by atoms with van der Waals surface area (Å²) >= 11 is 0. The second-order valence-electron chi connectivity index (χ2n) is 5.98. The highest BCUT2D eigenvalue weighted by Gasteiger charge is 2.09. The van der Waals surface area contributed by atoms with E-state index in [0.717, 1.165) is 30.6 Å². The van der Waals surface area contributed by atoms with Gasteiger partial charge < -0.3 is 14.8 Å². The molecule has 24 heavy (non-hydrogen) atoms. The lowest BCUT2D eigenvalue weighted by molar-refractivity contribution is 0.461. The molecule has 6 heteroatoms. The number of guanidine groups is 1. The lowest BCUT2D eigenvalue weighted by Gasteiger charge is -2.22. The van der Waals surface area contributed by atoms with Gasteiger partial charge in [0.25, 0.3) is 0 Å². The van der Waals surface area contributed by atoms with Crippen molar-refractivity contribution in [2.75, 3.05) is 13.6 Å². The number of aromatic nitrogens is 3. The van der Waals surface area contributed by atoms with Crippen molar-refractivity contribution in [1.29, 1.82) is 0 Å². The molecule has 0 aliphatic rings. The Balaban J connectivity index is 2.05. The van der Waals surface area contributed by atoms with Crippen LogP contribution in [0.3, 0.4) is 0 Å². The summed E-state index contributed by atoms with van der Waals surface area (Å²) in [4.78, 5) is 6.95. The van der Waals surface area contributed by atoms with Crippen LogP contribution in [0.2, 0.25) is 0 Å². The van der Waals surface area contributed by atoms with Crippen molar-refractivity contribution in [3.63, 3.8) is 0 Å². The van der Waals surface area contributed by atoms with Crippen LogP contribution in [0.1, 0.15) is 37.0 Å². The number of aliphatic imine (C=N–C) groups is 1. The highest BCUT2D eigenvalue weighted by Crippen LogP contribution is 2.03. The van der Waals surface area contributed by atoms with Crippen LogP contribution in [-0.4, -0.2) is 39.2 Å². The number of nitrogens with one attached hydrogen (secondary N) is 1. The molecule has 0 spiro atoms. The fraction of sp³-hybridized carbons (Fsp3) is 0.500. The van der Waals surface area contributed by atoms with Crippen LogP contribution in [0, 0.1) is 6.92 Å². The highest BCUT2D eigenvalue weighted by molar-refractivity contribution is 5.79. The Kier molecular flexibility index (Phi) is 6.78. The van der Waals surface area contributed by atoms with Gasteiger partial charge in [-0.3, -0.25) is 0 Å². The second kappa shape index (κ2) is 9.05. The zero-order chi connectivity index (χ0) is 17.4. The molecule has 0 aliphatic heterocycles. The maximum Gasteiger partial charge on any atom is 0.194 e. The van der Waals surface area contributed by atoms with Gasteiger partial charge in [-0.05, 0) is 18.9 Å². The van der Waals surface area contributed by atoms with E-state index in [-0.39, 0.29) is 0 Å². The number of aryl methyl sites for hydroxylation is 1. The summed E-state index contributed by atoms with van der Waals surface area (Å²) < 4.78 is 1.99. The third-order valence-corrected chi connectivity index (χ3v) is 4.05. The first kappa shape index (κ1) is 18.0. The summed E-state index contributed by atoms with van der Waals surface area (Å²) in [6.07, 6.45) is 2.31. The minimum Gasteiger partial charge on any atom is -0.349 e. The number of hydrogen-bond donors (Lipinski definition) is 1. The minimum absolute atomic E-state index is 0.613. The standard InChI is InChI=1S/C18H28N6/c1-5-6-12-23(3)18(19-13-16-10-8-7-9-11-16)20-14-17-22-21-15(2)24(17)4/h7-11H,5-6,12-14H2,1-4H3,(H,19,20).